The van der Waals surface area contributed by atoms with Crippen LogP contribution in [0.1, 0.15) is 10.4 Å². The summed E-state index contributed by atoms with van der Waals surface area (Å²) in [7, 11) is -1.50. The Balaban J connectivity index is 0.00000220. The molecule has 0 saturated carbocycles. The van der Waals surface area contributed by atoms with Gasteiger partial charge in [-0.1, -0.05) is 18.1 Å². The molecule has 1 amide bonds. The summed E-state index contributed by atoms with van der Waals surface area (Å²) in [6, 6.07) is 12.1. The molecule has 0 aliphatic rings. The van der Waals surface area contributed by atoms with Crippen LogP contribution in [0.2, 0.25) is 0 Å². The Bertz CT molecular complexity index is 612. The zero-order valence-corrected chi connectivity index (χ0v) is 13.6. The van der Waals surface area contributed by atoms with Crippen LogP contribution in [0, 0.1) is 6.07 Å². The molecule has 1 aromatic carbocycles. The number of nitrogens with one attached hydrogen (secondary N) is 1. The maximum absolute atomic E-state index is 12.0. The van der Waals surface area contributed by atoms with Gasteiger partial charge in [0.05, 0.1) is 0 Å². The molecule has 1 aromatic heterocycles. The Labute approximate surface area is 135 Å². The Morgan fingerprint density at radius 2 is 2.24 bits per heavy atom. The van der Waals surface area contributed by atoms with Crippen LogP contribution in [0.3, 0.4) is 0 Å². The van der Waals surface area contributed by atoms with Crippen LogP contribution < -0.4 is 10.8 Å². The van der Waals surface area contributed by atoms with E-state index in [4.69, 9.17) is 0 Å². The van der Waals surface area contributed by atoms with E-state index in [0.717, 1.165) is 6.47 Å². The van der Waals surface area contributed by atoms with Gasteiger partial charge in [-0.25, -0.2) is 4.98 Å². The number of rotatable bonds is 5. The summed E-state index contributed by atoms with van der Waals surface area (Å²) < 4.78 is 4.26. The first-order valence-electron chi connectivity index (χ1n) is 5.65. The number of nitrogens with zero attached hydrogens (tertiary/aromatic N) is 1. The second-order valence-electron chi connectivity index (χ2n) is 3.76. The van der Waals surface area contributed by atoms with Crippen LogP contribution in [0.5, 0.6) is 0 Å². The SMILES string of the molecule is O=[C-]OB(O)c1[c-]ccc(C(=O)Nc2ccccn2)c1.[W+2]. The average molecular weight is 452 g/mol. The van der Waals surface area contributed by atoms with Gasteiger partial charge in [0, 0.05) is 6.20 Å². The average Bonchev–Trinajstić information content (AvgIpc) is 2.48. The fraction of sp³-hybridized carbons (Fsp3) is 0. The van der Waals surface area contributed by atoms with Crippen molar-refractivity contribution >= 4 is 30.8 Å². The van der Waals surface area contributed by atoms with Crippen LogP contribution in [0.4, 0.5) is 5.82 Å². The van der Waals surface area contributed by atoms with Crippen molar-refractivity contribution in [3.63, 3.8) is 0 Å². The van der Waals surface area contributed by atoms with Gasteiger partial charge >= 0.3 is 28.2 Å². The molecule has 2 rings (SSSR count). The molecule has 0 unspecified atom stereocenters. The smallest absolute Gasteiger partial charge is 0.702 e. The second-order valence-corrected chi connectivity index (χ2v) is 3.76. The third-order valence-corrected chi connectivity index (χ3v) is 2.42. The van der Waals surface area contributed by atoms with Crippen molar-refractivity contribution in [3.05, 3.63) is 54.2 Å². The molecule has 104 valence electrons. The molecule has 6 nitrogen and oxygen atoms in total. The first-order chi connectivity index (χ1) is 9.70. The van der Waals surface area contributed by atoms with Crippen molar-refractivity contribution in [2.75, 3.05) is 5.32 Å². The minimum Gasteiger partial charge on any atom is -0.702 e. The fourth-order valence-corrected chi connectivity index (χ4v) is 1.50. The molecule has 2 aromatic rings. The zero-order chi connectivity index (χ0) is 14.4. The largest absolute Gasteiger partial charge is 2.00 e. The standard InChI is InChI=1S/C13H9BN2O4.W/c17-9-20-14(19)11-5-3-4-10(8-11)13(18)16-12-6-1-2-7-15-12;/h1-4,6-8,19H,(H,15,16,18);/q-2;+2. The van der Waals surface area contributed by atoms with Gasteiger partial charge < -0.3 is 19.8 Å². The first-order valence-corrected chi connectivity index (χ1v) is 5.65. The predicted molar refractivity (Wildman–Crippen MR) is 71.9 cm³/mol. The van der Waals surface area contributed by atoms with Gasteiger partial charge in [-0.15, -0.1) is 5.46 Å². The summed E-state index contributed by atoms with van der Waals surface area (Å²) in [5, 5.41) is 12.0. The summed E-state index contributed by atoms with van der Waals surface area (Å²) in [6.07, 6.45) is 1.55. The van der Waals surface area contributed by atoms with Crippen molar-refractivity contribution in [2.45, 2.75) is 0 Å². The second kappa shape index (κ2) is 8.34. The van der Waals surface area contributed by atoms with Crippen LogP contribution in [-0.4, -0.2) is 29.5 Å². The molecule has 0 aliphatic heterocycles. The van der Waals surface area contributed by atoms with Crippen LogP contribution in [-0.2, 0) is 30.5 Å². The summed E-state index contributed by atoms with van der Waals surface area (Å²) in [4.78, 5) is 26.0. The number of amides is 1. The van der Waals surface area contributed by atoms with E-state index in [1.54, 1.807) is 24.4 Å². The topological polar surface area (TPSA) is 88.5 Å². The third kappa shape index (κ3) is 4.81. The monoisotopic (exact) mass is 452 g/mol. The van der Waals surface area contributed by atoms with E-state index in [2.05, 4.69) is 21.0 Å². The van der Waals surface area contributed by atoms with Crippen LogP contribution in [0.15, 0.2) is 42.6 Å². The van der Waals surface area contributed by atoms with Gasteiger partial charge in [0.1, 0.15) is 5.82 Å². The molecule has 2 N–H and O–H groups in total. The molecular weight excluding hydrogens is 443 g/mol. The minimum atomic E-state index is -1.50. The molecule has 1 heterocycles. The van der Waals surface area contributed by atoms with Crippen LogP contribution in [0.25, 0.3) is 0 Å². The van der Waals surface area contributed by atoms with Gasteiger partial charge in [0.25, 0.3) is 0 Å². The summed E-state index contributed by atoms with van der Waals surface area (Å²) in [5.74, 6) is 0.00568. The normalized spacial score (nSPS) is 9.19. The van der Waals surface area contributed by atoms with Gasteiger partial charge in [0.2, 0.25) is 5.91 Å². The number of anilines is 1. The van der Waals surface area contributed by atoms with E-state index in [-0.39, 0.29) is 32.1 Å². The maximum atomic E-state index is 12.0. The number of carbonyl (C=O) groups is 1. The molecule has 0 atom stereocenters. The maximum Gasteiger partial charge on any atom is 2.00 e. The van der Waals surface area contributed by atoms with E-state index < -0.39 is 13.0 Å². The van der Waals surface area contributed by atoms with Gasteiger partial charge in [0.15, 0.2) is 0 Å². The molecule has 0 saturated heterocycles. The molecule has 21 heavy (non-hydrogen) atoms. The van der Waals surface area contributed by atoms with Crippen molar-refractivity contribution < 1.29 is 40.3 Å². The van der Waals surface area contributed by atoms with E-state index in [1.807, 2.05) is 0 Å². The van der Waals surface area contributed by atoms with Crippen LogP contribution >= 0.6 is 0 Å². The third-order valence-electron chi connectivity index (χ3n) is 2.42. The number of pyridine rings is 1. The first kappa shape index (κ1) is 17.1. The quantitative estimate of drug-likeness (QED) is 0.490. The predicted octanol–water partition coefficient (Wildman–Crippen LogP) is -0.0971. The summed E-state index contributed by atoms with van der Waals surface area (Å²) in [5.41, 5.74) is 0.431. The molecule has 8 heteroatoms. The van der Waals surface area contributed by atoms with Crippen molar-refractivity contribution in [2.24, 2.45) is 0 Å². The Hall–Kier alpha value is -1.98. The van der Waals surface area contributed by atoms with E-state index in [1.165, 1.54) is 18.2 Å². The zero-order valence-electron chi connectivity index (χ0n) is 10.6. The minimum absolute atomic E-state index is 0. The fourth-order valence-electron chi connectivity index (χ4n) is 1.50. The van der Waals surface area contributed by atoms with Gasteiger partial charge in [-0.2, -0.15) is 24.3 Å². The molecule has 0 bridgehead atoms. The summed E-state index contributed by atoms with van der Waals surface area (Å²) >= 11 is 0. The number of carbonyl (C=O) groups excluding carboxylic acids is 2. The Morgan fingerprint density at radius 3 is 2.90 bits per heavy atom. The van der Waals surface area contributed by atoms with E-state index in [0.29, 0.717) is 5.82 Å². The summed E-state index contributed by atoms with van der Waals surface area (Å²) in [6.45, 7) is 1.12. The number of hydrogen-bond acceptors (Lipinski definition) is 5. The van der Waals surface area contributed by atoms with Crippen molar-refractivity contribution in [1.82, 2.24) is 4.98 Å². The van der Waals surface area contributed by atoms with Gasteiger partial charge in [-0.3, -0.25) is 4.79 Å². The molecule has 0 radical (unpaired) electrons. The van der Waals surface area contributed by atoms with Crippen molar-refractivity contribution in [1.29, 1.82) is 0 Å². The number of hydrogen-bond donors (Lipinski definition) is 2. The molecule has 0 spiro atoms. The van der Waals surface area contributed by atoms with Crippen molar-refractivity contribution in [3.8, 4) is 0 Å². The number of benzene rings is 1. The van der Waals surface area contributed by atoms with E-state index in [9.17, 15) is 14.6 Å². The Kier molecular flexibility index (Phi) is 6.78. The van der Waals surface area contributed by atoms with E-state index >= 15 is 0 Å². The molecule has 0 fully saturated rings. The molecular formula is C13H9BN2O4W. The molecule has 0 aliphatic carbocycles. The Morgan fingerprint density at radius 1 is 1.43 bits per heavy atom. The number of aromatic nitrogens is 1. The van der Waals surface area contributed by atoms with Gasteiger partial charge in [-0.05, 0) is 12.1 Å².